The maximum Gasteiger partial charge on any atom is 0.222 e. The number of nitrogens with one attached hydrogen (secondary N) is 1. The molecular weight excluding hydrogens is 344 g/mol. The number of benzene rings is 1. The van der Waals surface area contributed by atoms with Crippen LogP contribution in [0.5, 0.6) is 11.5 Å². The Bertz CT molecular complexity index is 701. The molecule has 1 atom stereocenters. The van der Waals surface area contributed by atoms with Gasteiger partial charge in [0.1, 0.15) is 17.1 Å². The molecule has 1 aromatic rings. The van der Waals surface area contributed by atoms with Crippen LogP contribution < -0.4 is 14.8 Å². The summed E-state index contributed by atoms with van der Waals surface area (Å²) in [4.78, 5) is 26.5. The number of carbonyl (C=O) groups excluding carboxylic acids is 2. The van der Waals surface area contributed by atoms with Crippen molar-refractivity contribution in [3.8, 4) is 11.5 Å². The van der Waals surface area contributed by atoms with E-state index in [2.05, 4.69) is 5.32 Å². The van der Waals surface area contributed by atoms with E-state index < -0.39 is 0 Å². The van der Waals surface area contributed by atoms with Crippen molar-refractivity contribution in [1.29, 1.82) is 0 Å². The van der Waals surface area contributed by atoms with Crippen molar-refractivity contribution >= 4 is 11.8 Å². The summed E-state index contributed by atoms with van der Waals surface area (Å²) in [6, 6.07) is 5.55. The number of rotatable bonds is 5. The molecule has 0 spiro atoms. The van der Waals surface area contributed by atoms with Gasteiger partial charge in [0.25, 0.3) is 0 Å². The van der Waals surface area contributed by atoms with E-state index in [-0.39, 0.29) is 23.5 Å². The van der Waals surface area contributed by atoms with E-state index in [9.17, 15) is 9.59 Å². The molecule has 1 N–H and O–H groups in total. The summed E-state index contributed by atoms with van der Waals surface area (Å²) in [5, 5.41) is 3.14. The summed E-state index contributed by atoms with van der Waals surface area (Å²) in [5.41, 5.74) is 0.577. The molecule has 0 saturated carbocycles. The minimum Gasteiger partial charge on any atom is -0.497 e. The summed E-state index contributed by atoms with van der Waals surface area (Å²) in [5.74, 6) is 1.65. The molecule has 0 bridgehead atoms. The predicted octanol–water partition coefficient (Wildman–Crippen LogP) is 3.21. The van der Waals surface area contributed by atoms with Gasteiger partial charge in [0.05, 0.1) is 13.2 Å². The lowest BCUT2D eigenvalue weighted by Gasteiger charge is -2.38. The molecule has 0 aliphatic carbocycles. The van der Waals surface area contributed by atoms with E-state index in [4.69, 9.17) is 9.47 Å². The van der Waals surface area contributed by atoms with Crippen molar-refractivity contribution in [2.45, 2.75) is 64.0 Å². The Morgan fingerprint density at radius 2 is 2.15 bits per heavy atom. The minimum atomic E-state index is -0.361. The summed E-state index contributed by atoms with van der Waals surface area (Å²) < 4.78 is 11.4. The summed E-state index contributed by atoms with van der Waals surface area (Å²) in [7, 11) is 1.63. The van der Waals surface area contributed by atoms with E-state index in [0.717, 1.165) is 42.9 Å². The summed E-state index contributed by atoms with van der Waals surface area (Å²) in [6.45, 7) is 5.29. The van der Waals surface area contributed by atoms with Crippen LogP contribution in [0, 0.1) is 0 Å². The Kier molecular flexibility index (Phi) is 5.92. The monoisotopic (exact) mass is 374 g/mol. The first-order chi connectivity index (χ1) is 12.9. The Morgan fingerprint density at radius 1 is 1.33 bits per heavy atom. The van der Waals surface area contributed by atoms with Gasteiger partial charge >= 0.3 is 0 Å². The first kappa shape index (κ1) is 19.5. The highest BCUT2D eigenvalue weighted by Gasteiger charge is 2.35. The molecule has 2 aliphatic rings. The van der Waals surface area contributed by atoms with Gasteiger partial charge in [0, 0.05) is 37.9 Å². The summed E-state index contributed by atoms with van der Waals surface area (Å²) >= 11 is 0. The van der Waals surface area contributed by atoms with Gasteiger partial charge in [-0.15, -0.1) is 0 Å². The van der Waals surface area contributed by atoms with Crippen LogP contribution in [0.15, 0.2) is 18.2 Å². The highest BCUT2D eigenvalue weighted by molar-refractivity contribution is 5.79. The molecule has 0 aromatic heterocycles. The molecular formula is C21H30N2O4. The number of likely N-dealkylation sites (tertiary alicyclic amines) is 1. The van der Waals surface area contributed by atoms with Crippen LogP contribution >= 0.6 is 0 Å². The molecule has 148 valence electrons. The van der Waals surface area contributed by atoms with Gasteiger partial charge < -0.3 is 19.7 Å². The topological polar surface area (TPSA) is 67.9 Å². The van der Waals surface area contributed by atoms with Crippen LogP contribution in [0.4, 0.5) is 0 Å². The van der Waals surface area contributed by atoms with Gasteiger partial charge in [-0.3, -0.25) is 9.59 Å². The molecule has 6 heteroatoms. The second kappa shape index (κ2) is 8.19. The Morgan fingerprint density at radius 3 is 2.93 bits per heavy atom. The van der Waals surface area contributed by atoms with E-state index in [0.29, 0.717) is 25.8 Å². The second-order valence-electron chi connectivity index (χ2n) is 8.03. The Labute approximate surface area is 161 Å². The highest BCUT2D eigenvalue weighted by Crippen LogP contribution is 2.41. The zero-order valence-electron chi connectivity index (χ0n) is 16.5. The van der Waals surface area contributed by atoms with E-state index in [1.807, 2.05) is 36.9 Å². The average molecular weight is 374 g/mol. The molecule has 0 radical (unpaired) electrons. The lowest BCUT2D eigenvalue weighted by Crippen LogP contribution is -2.42. The molecule has 6 nitrogen and oxygen atoms in total. The Hall–Kier alpha value is -2.24. The highest BCUT2D eigenvalue weighted by atomic mass is 16.5. The van der Waals surface area contributed by atoms with Gasteiger partial charge in [-0.1, -0.05) is 6.42 Å². The van der Waals surface area contributed by atoms with Crippen molar-refractivity contribution in [2.24, 2.45) is 0 Å². The standard InChI is InChI=1S/C21H30N2O4/c1-21(2)14-17(16-13-15(26-3)8-9-18(16)27-21)22-19(24)10-12-23-11-6-4-5-7-20(23)25/h8-9,13,17H,4-7,10-12,14H2,1-3H3,(H,22,24). The van der Waals surface area contributed by atoms with Crippen molar-refractivity contribution in [1.82, 2.24) is 10.2 Å². The maximum absolute atomic E-state index is 12.6. The lowest BCUT2D eigenvalue weighted by molar-refractivity contribution is -0.131. The van der Waals surface area contributed by atoms with Crippen LogP contribution in [0.25, 0.3) is 0 Å². The lowest BCUT2D eigenvalue weighted by atomic mass is 9.89. The average Bonchev–Trinajstić information content (AvgIpc) is 2.83. The number of amides is 2. The molecule has 1 fully saturated rings. The first-order valence-electron chi connectivity index (χ1n) is 9.82. The number of carbonyl (C=O) groups is 2. The van der Waals surface area contributed by atoms with E-state index >= 15 is 0 Å². The minimum absolute atomic E-state index is 0.0384. The molecule has 3 rings (SSSR count). The number of hydrogen-bond acceptors (Lipinski definition) is 4. The van der Waals surface area contributed by atoms with Gasteiger partial charge in [-0.25, -0.2) is 0 Å². The first-order valence-corrected chi connectivity index (χ1v) is 9.82. The van der Waals surface area contributed by atoms with Crippen molar-refractivity contribution in [3.05, 3.63) is 23.8 Å². The fourth-order valence-electron chi connectivity index (χ4n) is 3.87. The van der Waals surface area contributed by atoms with E-state index in [1.165, 1.54) is 0 Å². The maximum atomic E-state index is 12.6. The van der Waals surface area contributed by atoms with Gasteiger partial charge in [-0.05, 0) is 44.9 Å². The van der Waals surface area contributed by atoms with Gasteiger partial charge in [0.15, 0.2) is 0 Å². The van der Waals surface area contributed by atoms with Gasteiger partial charge in [-0.2, -0.15) is 0 Å². The third-order valence-electron chi connectivity index (χ3n) is 5.29. The van der Waals surface area contributed by atoms with Crippen molar-refractivity contribution < 1.29 is 19.1 Å². The molecule has 1 aromatic carbocycles. The zero-order valence-corrected chi connectivity index (χ0v) is 16.5. The number of nitrogens with zero attached hydrogens (tertiary/aromatic N) is 1. The van der Waals surface area contributed by atoms with Crippen LogP contribution in [0.2, 0.25) is 0 Å². The van der Waals surface area contributed by atoms with Crippen LogP contribution in [-0.2, 0) is 9.59 Å². The smallest absolute Gasteiger partial charge is 0.222 e. The fourth-order valence-corrected chi connectivity index (χ4v) is 3.87. The number of hydrogen-bond donors (Lipinski definition) is 1. The van der Waals surface area contributed by atoms with Crippen molar-refractivity contribution in [3.63, 3.8) is 0 Å². The normalized spacial score (nSPS) is 21.7. The van der Waals surface area contributed by atoms with Crippen LogP contribution in [0.3, 0.4) is 0 Å². The fraction of sp³-hybridized carbons (Fsp3) is 0.619. The molecule has 2 aliphatic heterocycles. The number of ether oxygens (including phenoxy) is 2. The zero-order chi connectivity index (χ0) is 19.4. The second-order valence-corrected chi connectivity index (χ2v) is 8.03. The number of fused-ring (bicyclic) bond motifs is 1. The van der Waals surface area contributed by atoms with Crippen molar-refractivity contribution in [2.75, 3.05) is 20.2 Å². The largest absolute Gasteiger partial charge is 0.497 e. The quantitative estimate of drug-likeness (QED) is 0.859. The molecule has 27 heavy (non-hydrogen) atoms. The molecule has 1 saturated heterocycles. The molecule has 2 heterocycles. The summed E-state index contributed by atoms with van der Waals surface area (Å²) in [6.07, 6.45) is 4.67. The number of methoxy groups -OCH3 is 1. The van der Waals surface area contributed by atoms with E-state index in [1.54, 1.807) is 7.11 Å². The third-order valence-corrected chi connectivity index (χ3v) is 5.29. The SMILES string of the molecule is COc1ccc2c(c1)C(NC(=O)CCN1CCCCCC1=O)CC(C)(C)O2. The van der Waals surface area contributed by atoms with Crippen LogP contribution in [0.1, 0.15) is 64.0 Å². The van der Waals surface area contributed by atoms with Gasteiger partial charge in [0.2, 0.25) is 11.8 Å². The predicted molar refractivity (Wildman–Crippen MR) is 103 cm³/mol. The molecule has 1 unspecified atom stereocenters. The molecule has 2 amide bonds. The van der Waals surface area contributed by atoms with Crippen LogP contribution in [-0.4, -0.2) is 42.5 Å². The third kappa shape index (κ3) is 4.93. The Balaban J connectivity index is 1.65.